The van der Waals surface area contributed by atoms with Crippen LogP contribution in [0.5, 0.6) is 0 Å². The predicted molar refractivity (Wildman–Crippen MR) is 60.6 cm³/mol. The second-order valence-electron chi connectivity index (χ2n) is 4.45. The average molecular weight is 181 g/mol. The van der Waals surface area contributed by atoms with E-state index in [1.54, 1.807) is 0 Å². The highest BCUT2D eigenvalue weighted by Gasteiger charge is 2.18. The maximum Gasteiger partial charge on any atom is 0.00278 e. The molecule has 0 heterocycles. The maximum atomic E-state index is 4.12. The van der Waals surface area contributed by atoms with E-state index in [-0.39, 0.29) is 5.41 Å². The van der Waals surface area contributed by atoms with Gasteiger partial charge < -0.3 is 5.32 Å². The summed E-state index contributed by atoms with van der Waals surface area (Å²) < 4.78 is 0. The minimum atomic E-state index is 0.190. The van der Waals surface area contributed by atoms with E-state index in [1.165, 1.54) is 11.1 Å². The minimum absolute atomic E-state index is 0.190. The first-order valence-corrected chi connectivity index (χ1v) is 4.99. The molecule has 13 heavy (non-hydrogen) atoms. The molecule has 0 aliphatic carbocycles. The molecule has 0 aromatic rings. The molecule has 76 valence electrons. The SMILES string of the molecule is C=C(CCC)/C(=C\NC)C(C)(C)C. The van der Waals surface area contributed by atoms with Crippen LogP contribution in [0.25, 0.3) is 0 Å². The molecule has 0 unspecified atom stereocenters. The summed E-state index contributed by atoms with van der Waals surface area (Å²) >= 11 is 0. The zero-order valence-electron chi connectivity index (χ0n) is 9.70. The molecule has 0 aliphatic rings. The van der Waals surface area contributed by atoms with E-state index in [1.807, 2.05) is 7.05 Å². The first-order valence-electron chi connectivity index (χ1n) is 4.99. The largest absolute Gasteiger partial charge is 0.394 e. The summed E-state index contributed by atoms with van der Waals surface area (Å²) in [5, 5.41) is 3.09. The van der Waals surface area contributed by atoms with Gasteiger partial charge in [0, 0.05) is 13.2 Å². The monoisotopic (exact) mass is 181 g/mol. The smallest absolute Gasteiger partial charge is 0.00278 e. The first kappa shape index (κ1) is 12.3. The zero-order chi connectivity index (χ0) is 10.5. The van der Waals surface area contributed by atoms with Crippen LogP contribution in [0.3, 0.4) is 0 Å². The lowest BCUT2D eigenvalue weighted by atomic mass is 9.81. The van der Waals surface area contributed by atoms with Crippen LogP contribution >= 0.6 is 0 Å². The lowest BCUT2D eigenvalue weighted by molar-refractivity contribution is 0.503. The van der Waals surface area contributed by atoms with Gasteiger partial charge in [-0.25, -0.2) is 0 Å². The Morgan fingerprint density at radius 2 is 1.92 bits per heavy atom. The fraction of sp³-hybridized carbons (Fsp3) is 0.667. The van der Waals surface area contributed by atoms with Gasteiger partial charge in [-0.15, -0.1) is 0 Å². The van der Waals surface area contributed by atoms with Crippen molar-refractivity contribution in [1.82, 2.24) is 5.32 Å². The lowest BCUT2D eigenvalue weighted by Crippen LogP contribution is -2.14. The van der Waals surface area contributed by atoms with Crippen LogP contribution in [0.4, 0.5) is 0 Å². The molecule has 0 rings (SSSR count). The third-order valence-corrected chi connectivity index (χ3v) is 2.03. The third-order valence-electron chi connectivity index (χ3n) is 2.03. The van der Waals surface area contributed by atoms with Crippen LogP contribution < -0.4 is 5.32 Å². The van der Waals surface area contributed by atoms with Crippen LogP contribution in [-0.2, 0) is 0 Å². The quantitative estimate of drug-likeness (QED) is 0.655. The van der Waals surface area contributed by atoms with Gasteiger partial charge in [-0.3, -0.25) is 0 Å². The molecule has 0 aromatic carbocycles. The molecule has 1 nitrogen and oxygen atoms in total. The van der Waals surface area contributed by atoms with E-state index in [2.05, 4.69) is 45.8 Å². The number of nitrogens with one attached hydrogen (secondary N) is 1. The van der Waals surface area contributed by atoms with Crippen molar-refractivity contribution in [2.45, 2.75) is 40.5 Å². The van der Waals surface area contributed by atoms with Crippen molar-refractivity contribution >= 4 is 0 Å². The zero-order valence-corrected chi connectivity index (χ0v) is 9.70. The van der Waals surface area contributed by atoms with E-state index >= 15 is 0 Å². The first-order chi connectivity index (χ1) is 5.93. The summed E-state index contributed by atoms with van der Waals surface area (Å²) in [7, 11) is 1.94. The van der Waals surface area contributed by atoms with Crippen molar-refractivity contribution in [3.63, 3.8) is 0 Å². The Labute approximate surface area is 82.9 Å². The highest BCUT2D eigenvalue weighted by atomic mass is 14.8. The number of hydrogen-bond acceptors (Lipinski definition) is 1. The van der Waals surface area contributed by atoms with E-state index < -0.39 is 0 Å². The standard InChI is InChI=1S/C12H23N/c1-7-8-10(2)11(9-13-6)12(3,4)5/h9,13H,2,7-8H2,1,3-6H3/b11-9+. The van der Waals surface area contributed by atoms with Crippen molar-refractivity contribution in [2.24, 2.45) is 5.41 Å². The van der Waals surface area contributed by atoms with Crippen molar-refractivity contribution in [3.05, 3.63) is 23.9 Å². The second-order valence-corrected chi connectivity index (χ2v) is 4.45. The van der Waals surface area contributed by atoms with Gasteiger partial charge in [0.2, 0.25) is 0 Å². The molecule has 0 radical (unpaired) electrons. The summed E-state index contributed by atoms with van der Waals surface area (Å²) in [6, 6.07) is 0. The Kier molecular flexibility index (Phi) is 4.82. The summed E-state index contributed by atoms with van der Waals surface area (Å²) in [5.41, 5.74) is 2.77. The van der Waals surface area contributed by atoms with E-state index in [0.29, 0.717) is 0 Å². The fourth-order valence-electron chi connectivity index (χ4n) is 1.43. The number of allylic oxidation sites excluding steroid dienone is 2. The van der Waals surface area contributed by atoms with E-state index in [9.17, 15) is 0 Å². The Hall–Kier alpha value is -0.720. The molecule has 0 saturated heterocycles. The fourth-order valence-corrected chi connectivity index (χ4v) is 1.43. The van der Waals surface area contributed by atoms with Gasteiger partial charge in [0.05, 0.1) is 0 Å². The highest BCUT2D eigenvalue weighted by Crippen LogP contribution is 2.31. The second kappa shape index (κ2) is 5.11. The predicted octanol–water partition coefficient (Wildman–Crippen LogP) is 3.49. The molecule has 0 fully saturated rings. The van der Waals surface area contributed by atoms with E-state index in [0.717, 1.165) is 12.8 Å². The Bertz CT molecular complexity index is 194. The van der Waals surface area contributed by atoms with Gasteiger partial charge in [-0.05, 0) is 17.4 Å². The van der Waals surface area contributed by atoms with Gasteiger partial charge in [-0.1, -0.05) is 46.3 Å². The van der Waals surface area contributed by atoms with E-state index in [4.69, 9.17) is 0 Å². The Balaban J connectivity index is 4.63. The average Bonchev–Trinajstić information content (AvgIpc) is 1.98. The normalized spacial score (nSPS) is 12.8. The molecular weight excluding hydrogens is 158 g/mol. The summed E-state index contributed by atoms with van der Waals surface area (Å²) in [4.78, 5) is 0. The molecule has 0 aliphatic heterocycles. The van der Waals surface area contributed by atoms with Crippen LogP contribution in [0, 0.1) is 5.41 Å². The van der Waals surface area contributed by atoms with Crippen molar-refractivity contribution < 1.29 is 0 Å². The van der Waals surface area contributed by atoms with Gasteiger partial charge >= 0.3 is 0 Å². The Morgan fingerprint density at radius 3 is 2.23 bits per heavy atom. The molecule has 1 heteroatoms. The van der Waals surface area contributed by atoms with Gasteiger partial charge in [-0.2, -0.15) is 0 Å². The molecule has 0 bridgehead atoms. The van der Waals surface area contributed by atoms with Gasteiger partial charge in [0.1, 0.15) is 0 Å². The Morgan fingerprint density at radius 1 is 1.38 bits per heavy atom. The van der Waals surface area contributed by atoms with Crippen molar-refractivity contribution in [2.75, 3.05) is 7.05 Å². The summed E-state index contributed by atoms with van der Waals surface area (Å²) in [6.45, 7) is 13.0. The summed E-state index contributed by atoms with van der Waals surface area (Å²) in [5.74, 6) is 0. The van der Waals surface area contributed by atoms with Crippen LogP contribution in [0.2, 0.25) is 0 Å². The molecule has 0 spiro atoms. The third kappa shape index (κ3) is 4.16. The molecule has 0 amide bonds. The maximum absolute atomic E-state index is 4.12. The minimum Gasteiger partial charge on any atom is -0.394 e. The van der Waals surface area contributed by atoms with Gasteiger partial charge in [0.25, 0.3) is 0 Å². The lowest BCUT2D eigenvalue weighted by Gasteiger charge is -2.24. The molecule has 1 N–H and O–H groups in total. The molecule has 0 saturated carbocycles. The number of hydrogen-bond donors (Lipinski definition) is 1. The highest BCUT2D eigenvalue weighted by molar-refractivity contribution is 5.32. The van der Waals surface area contributed by atoms with Crippen LogP contribution in [0.1, 0.15) is 40.5 Å². The molecule has 0 atom stereocenters. The van der Waals surface area contributed by atoms with Crippen molar-refractivity contribution in [3.8, 4) is 0 Å². The topological polar surface area (TPSA) is 12.0 Å². The van der Waals surface area contributed by atoms with Crippen molar-refractivity contribution in [1.29, 1.82) is 0 Å². The van der Waals surface area contributed by atoms with Crippen LogP contribution in [0.15, 0.2) is 23.9 Å². The summed E-state index contributed by atoms with van der Waals surface area (Å²) in [6.07, 6.45) is 4.32. The molecule has 0 aromatic heterocycles. The van der Waals surface area contributed by atoms with Crippen LogP contribution in [-0.4, -0.2) is 7.05 Å². The molecular formula is C12H23N. The number of rotatable bonds is 4. The van der Waals surface area contributed by atoms with Gasteiger partial charge in [0.15, 0.2) is 0 Å².